The summed E-state index contributed by atoms with van der Waals surface area (Å²) in [6.45, 7) is 0.361. The molecular formula is C17H22N2O4. The van der Waals surface area contributed by atoms with Crippen molar-refractivity contribution in [2.75, 3.05) is 25.5 Å². The Labute approximate surface area is 135 Å². The first-order valence-electron chi connectivity index (χ1n) is 7.75. The van der Waals surface area contributed by atoms with E-state index >= 15 is 0 Å². The summed E-state index contributed by atoms with van der Waals surface area (Å²) in [6, 6.07) is 7.02. The number of amides is 2. The van der Waals surface area contributed by atoms with E-state index in [0.717, 1.165) is 12.8 Å². The molecule has 6 nitrogen and oxygen atoms in total. The minimum absolute atomic E-state index is 0.0271. The molecule has 0 unspecified atom stereocenters. The molecule has 0 aromatic heterocycles. The van der Waals surface area contributed by atoms with E-state index in [-0.39, 0.29) is 24.2 Å². The number of carbonyl (C=O) groups is 3. The number of aliphatic carboxylic acids is 1. The molecule has 1 fully saturated rings. The number of anilines is 1. The molecule has 0 heterocycles. The van der Waals surface area contributed by atoms with Gasteiger partial charge in [0.1, 0.15) is 0 Å². The molecule has 1 aliphatic carbocycles. The van der Waals surface area contributed by atoms with Crippen molar-refractivity contribution in [3.05, 3.63) is 29.8 Å². The van der Waals surface area contributed by atoms with Crippen LogP contribution >= 0.6 is 0 Å². The lowest BCUT2D eigenvalue weighted by Crippen LogP contribution is -2.33. The standard InChI is InChI=1S/C17H22N2O4/c1-18(11-5-8-15(20)21)17(23)13-6-3-4-7-14(13)19(2)16(22)12-9-10-12/h3-4,6-7,12H,5,8-11H2,1-2H3,(H,20,21). The average Bonchev–Trinajstić information content (AvgIpc) is 3.37. The van der Waals surface area contributed by atoms with Crippen molar-refractivity contribution in [2.45, 2.75) is 25.7 Å². The van der Waals surface area contributed by atoms with Crippen molar-refractivity contribution < 1.29 is 19.5 Å². The van der Waals surface area contributed by atoms with Crippen LogP contribution in [-0.2, 0) is 9.59 Å². The molecule has 1 N–H and O–H groups in total. The third-order valence-corrected chi connectivity index (χ3v) is 3.98. The fourth-order valence-electron chi connectivity index (χ4n) is 2.44. The van der Waals surface area contributed by atoms with E-state index in [4.69, 9.17) is 5.11 Å². The van der Waals surface area contributed by atoms with E-state index in [1.807, 2.05) is 0 Å². The molecular weight excluding hydrogens is 296 g/mol. The van der Waals surface area contributed by atoms with Crippen LogP contribution in [0.3, 0.4) is 0 Å². The lowest BCUT2D eigenvalue weighted by atomic mass is 10.1. The average molecular weight is 318 g/mol. The predicted octanol–water partition coefficient (Wildman–Crippen LogP) is 2.00. The van der Waals surface area contributed by atoms with Gasteiger partial charge in [0, 0.05) is 33.0 Å². The van der Waals surface area contributed by atoms with Gasteiger partial charge in [-0.15, -0.1) is 0 Å². The fourth-order valence-corrected chi connectivity index (χ4v) is 2.44. The number of para-hydroxylation sites is 1. The summed E-state index contributed by atoms with van der Waals surface area (Å²) in [6.07, 6.45) is 2.25. The normalized spacial score (nSPS) is 13.5. The zero-order valence-electron chi connectivity index (χ0n) is 13.5. The summed E-state index contributed by atoms with van der Waals surface area (Å²) in [7, 11) is 3.33. The van der Waals surface area contributed by atoms with Gasteiger partial charge in [0.25, 0.3) is 5.91 Å². The van der Waals surface area contributed by atoms with E-state index in [0.29, 0.717) is 24.2 Å². The van der Waals surface area contributed by atoms with Gasteiger partial charge in [-0.2, -0.15) is 0 Å². The predicted molar refractivity (Wildman–Crippen MR) is 86.4 cm³/mol. The monoisotopic (exact) mass is 318 g/mol. The number of rotatable bonds is 7. The molecule has 0 saturated heterocycles. The third-order valence-electron chi connectivity index (χ3n) is 3.98. The summed E-state index contributed by atoms with van der Waals surface area (Å²) in [5.41, 5.74) is 1.06. The number of benzene rings is 1. The molecule has 0 atom stereocenters. The minimum atomic E-state index is -0.874. The highest BCUT2D eigenvalue weighted by atomic mass is 16.4. The second kappa shape index (κ2) is 7.26. The van der Waals surface area contributed by atoms with E-state index in [1.54, 1.807) is 43.3 Å². The zero-order valence-corrected chi connectivity index (χ0v) is 13.5. The second-order valence-corrected chi connectivity index (χ2v) is 5.91. The van der Waals surface area contributed by atoms with Crippen molar-refractivity contribution in [3.63, 3.8) is 0 Å². The van der Waals surface area contributed by atoms with Crippen LogP contribution < -0.4 is 4.90 Å². The summed E-state index contributed by atoms with van der Waals surface area (Å²) in [4.78, 5) is 38.4. The van der Waals surface area contributed by atoms with Gasteiger partial charge in [-0.1, -0.05) is 12.1 Å². The zero-order chi connectivity index (χ0) is 17.0. The first-order valence-corrected chi connectivity index (χ1v) is 7.75. The molecule has 23 heavy (non-hydrogen) atoms. The van der Waals surface area contributed by atoms with Gasteiger partial charge in [-0.3, -0.25) is 14.4 Å². The first-order chi connectivity index (χ1) is 10.9. The van der Waals surface area contributed by atoms with Crippen LogP contribution in [0.5, 0.6) is 0 Å². The van der Waals surface area contributed by atoms with Crippen LogP contribution in [0.15, 0.2) is 24.3 Å². The number of nitrogens with zero attached hydrogens (tertiary/aromatic N) is 2. The molecule has 124 valence electrons. The Morgan fingerprint density at radius 3 is 2.43 bits per heavy atom. The highest BCUT2D eigenvalue weighted by Crippen LogP contribution is 2.33. The van der Waals surface area contributed by atoms with Gasteiger partial charge in [0.2, 0.25) is 5.91 Å². The minimum Gasteiger partial charge on any atom is -0.481 e. The Bertz CT molecular complexity index is 610. The number of hydrogen-bond donors (Lipinski definition) is 1. The number of hydrogen-bond acceptors (Lipinski definition) is 3. The Balaban J connectivity index is 2.10. The van der Waals surface area contributed by atoms with Crippen LogP contribution in [0.25, 0.3) is 0 Å². The Hall–Kier alpha value is -2.37. The van der Waals surface area contributed by atoms with Crippen LogP contribution in [0, 0.1) is 5.92 Å². The van der Waals surface area contributed by atoms with Crippen LogP contribution in [0.2, 0.25) is 0 Å². The van der Waals surface area contributed by atoms with Crippen molar-refractivity contribution in [1.29, 1.82) is 0 Å². The smallest absolute Gasteiger partial charge is 0.303 e. The molecule has 2 amide bonds. The quantitative estimate of drug-likeness (QED) is 0.834. The number of carbonyl (C=O) groups excluding carboxylic acids is 2. The van der Waals surface area contributed by atoms with E-state index < -0.39 is 5.97 Å². The molecule has 6 heteroatoms. The third kappa shape index (κ3) is 4.31. The number of carboxylic acid groups (broad SMARTS) is 1. The molecule has 0 spiro atoms. The molecule has 1 aromatic carbocycles. The number of carboxylic acids is 1. The largest absolute Gasteiger partial charge is 0.481 e. The summed E-state index contributed by atoms with van der Waals surface area (Å²) < 4.78 is 0. The highest BCUT2D eigenvalue weighted by Gasteiger charge is 2.33. The van der Waals surface area contributed by atoms with Gasteiger partial charge in [-0.25, -0.2) is 0 Å². The molecule has 1 saturated carbocycles. The Morgan fingerprint density at radius 1 is 1.17 bits per heavy atom. The van der Waals surface area contributed by atoms with E-state index in [9.17, 15) is 14.4 Å². The molecule has 1 aromatic rings. The molecule has 2 rings (SSSR count). The molecule has 0 radical (unpaired) electrons. The maximum absolute atomic E-state index is 12.6. The Kier molecular flexibility index (Phi) is 5.36. The van der Waals surface area contributed by atoms with E-state index in [1.165, 1.54) is 4.90 Å². The lowest BCUT2D eigenvalue weighted by molar-refractivity contribution is -0.137. The first kappa shape index (κ1) is 17.0. The SMILES string of the molecule is CN(CCCC(=O)O)C(=O)c1ccccc1N(C)C(=O)C1CC1. The van der Waals surface area contributed by atoms with Gasteiger partial charge in [0.05, 0.1) is 11.3 Å². The Morgan fingerprint density at radius 2 is 1.83 bits per heavy atom. The van der Waals surface area contributed by atoms with Crippen molar-refractivity contribution >= 4 is 23.5 Å². The van der Waals surface area contributed by atoms with Gasteiger partial charge >= 0.3 is 5.97 Å². The van der Waals surface area contributed by atoms with Gasteiger partial charge in [0.15, 0.2) is 0 Å². The highest BCUT2D eigenvalue weighted by molar-refractivity contribution is 6.05. The maximum atomic E-state index is 12.6. The molecule has 1 aliphatic rings. The van der Waals surface area contributed by atoms with Gasteiger partial charge < -0.3 is 14.9 Å². The molecule has 0 bridgehead atoms. The fraction of sp³-hybridized carbons (Fsp3) is 0.471. The van der Waals surface area contributed by atoms with Gasteiger partial charge in [-0.05, 0) is 31.4 Å². The topological polar surface area (TPSA) is 77.9 Å². The second-order valence-electron chi connectivity index (χ2n) is 5.91. The van der Waals surface area contributed by atoms with Crippen molar-refractivity contribution in [2.24, 2.45) is 5.92 Å². The van der Waals surface area contributed by atoms with Crippen LogP contribution in [0.4, 0.5) is 5.69 Å². The summed E-state index contributed by atoms with van der Waals surface area (Å²) >= 11 is 0. The van der Waals surface area contributed by atoms with Crippen molar-refractivity contribution in [1.82, 2.24) is 4.90 Å². The van der Waals surface area contributed by atoms with Crippen LogP contribution in [0.1, 0.15) is 36.0 Å². The lowest BCUT2D eigenvalue weighted by Gasteiger charge is -2.23. The summed E-state index contributed by atoms with van der Waals surface area (Å²) in [5, 5.41) is 8.67. The van der Waals surface area contributed by atoms with E-state index in [2.05, 4.69) is 0 Å². The van der Waals surface area contributed by atoms with Crippen molar-refractivity contribution in [3.8, 4) is 0 Å². The summed E-state index contributed by atoms with van der Waals surface area (Å²) in [5.74, 6) is -0.960. The maximum Gasteiger partial charge on any atom is 0.303 e. The molecule has 0 aliphatic heterocycles. The van der Waals surface area contributed by atoms with Crippen LogP contribution in [-0.4, -0.2) is 48.4 Å².